The molecular weight excluding hydrogens is 339 g/mol. The molecule has 0 saturated carbocycles. The smallest absolute Gasteiger partial charge is 0.410 e. The van der Waals surface area contributed by atoms with Crippen molar-refractivity contribution in [3.05, 3.63) is 29.6 Å². The molecule has 0 aliphatic carbocycles. The Morgan fingerprint density at radius 1 is 1.20 bits per heavy atom. The van der Waals surface area contributed by atoms with Crippen molar-refractivity contribution in [1.29, 1.82) is 0 Å². The molecule has 138 valence electrons. The Hall–Kier alpha value is -2.45. The Labute approximate surface area is 143 Å². The Bertz CT molecular complexity index is 677. The van der Waals surface area contributed by atoms with E-state index in [0.717, 1.165) is 12.1 Å². The van der Waals surface area contributed by atoms with E-state index < -0.39 is 46.7 Å². The molecule has 1 heterocycles. The summed E-state index contributed by atoms with van der Waals surface area (Å²) in [4.78, 5) is 25.5. The fourth-order valence-corrected chi connectivity index (χ4v) is 2.32. The van der Waals surface area contributed by atoms with Gasteiger partial charge in [0.05, 0.1) is 11.6 Å². The van der Waals surface area contributed by atoms with Crippen LogP contribution >= 0.6 is 0 Å². The first kappa shape index (κ1) is 18.9. The SMILES string of the molecule is CC(C)(C)OC(=O)N1CCC(C(=O)NNc2ccc(F)c(F)c2F)C1. The second-order valence-electron chi connectivity index (χ2n) is 6.75. The zero-order valence-corrected chi connectivity index (χ0v) is 14.2. The lowest BCUT2D eigenvalue weighted by Gasteiger charge is -2.24. The monoisotopic (exact) mass is 359 g/mol. The van der Waals surface area contributed by atoms with E-state index >= 15 is 0 Å². The number of amides is 2. The Balaban J connectivity index is 1.88. The second-order valence-corrected chi connectivity index (χ2v) is 6.75. The number of hydrazine groups is 1. The van der Waals surface area contributed by atoms with Gasteiger partial charge in [-0.2, -0.15) is 0 Å². The van der Waals surface area contributed by atoms with Gasteiger partial charge in [0.2, 0.25) is 5.91 Å². The van der Waals surface area contributed by atoms with Crippen LogP contribution in [0.15, 0.2) is 12.1 Å². The number of halogens is 3. The van der Waals surface area contributed by atoms with Gasteiger partial charge in [0.1, 0.15) is 5.60 Å². The summed E-state index contributed by atoms with van der Waals surface area (Å²) in [7, 11) is 0. The van der Waals surface area contributed by atoms with E-state index in [-0.39, 0.29) is 6.54 Å². The Kier molecular flexibility index (Phi) is 5.44. The molecule has 0 spiro atoms. The van der Waals surface area contributed by atoms with Crippen molar-refractivity contribution < 1.29 is 27.5 Å². The normalized spacial score (nSPS) is 17.4. The van der Waals surface area contributed by atoms with E-state index in [2.05, 4.69) is 10.9 Å². The standard InChI is InChI=1S/C16H20F3N3O3/c1-16(2,3)25-15(24)22-7-6-9(8-22)14(23)21-20-11-5-4-10(17)12(18)13(11)19/h4-5,9,20H,6-8H2,1-3H3,(H,21,23). The molecule has 1 aliphatic rings. The number of hydrogen-bond donors (Lipinski definition) is 2. The summed E-state index contributed by atoms with van der Waals surface area (Å²) >= 11 is 0. The predicted octanol–water partition coefficient (Wildman–Crippen LogP) is 2.80. The van der Waals surface area contributed by atoms with Gasteiger partial charge in [-0.1, -0.05) is 0 Å². The van der Waals surface area contributed by atoms with Crippen molar-refractivity contribution in [1.82, 2.24) is 10.3 Å². The van der Waals surface area contributed by atoms with E-state index in [4.69, 9.17) is 4.74 Å². The van der Waals surface area contributed by atoms with E-state index in [1.807, 2.05) is 0 Å². The third-order valence-corrected chi connectivity index (χ3v) is 3.57. The van der Waals surface area contributed by atoms with E-state index in [0.29, 0.717) is 13.0 Å². The highest BCUT2D eigenvalue weighted by atomic mass is 19.2. The number of ether oxygens (including phenoxy) is 1. The van der Waals surface area contributed by atoms with Crippen molar-refractivity contribution >= 4 is 17.7 Å². The molecule has 6 nitrogen and oxygen atoms in total. The highest BCUT2D eigenvalue weighted by Gasteiger charge is 2.33. The highest BCUT2D eigenvalue weighted by molar-refractivity contribution is 5.81. The lowest BCUT2D eigenvalue weighted by molar-refractivity contribution is -0.124. The molecule has 0 bridgehead atoms. The van der Waals surface area contributed by atoms with Gasteiger partial charge < -0.3 is 9.64 Å². The molecule has 25 heavy (non-hydrogen) atoms. The van der Waals surface area contributed by atoms with Crippen molar-refractivity contribution in [3.63, 3.8) is 0 Å². The third-order valence-electron chi connectivity index (χ3n) is 3.57. The first-order valence-corrected chi connectivity index (χ1v) is 7.76. The number of benzene rings is 1. The molecule has 2 rings (SSSR count). The molecule has 0 radical (unpaired) electrons. The third kappa shape index (κ3) is 4.77. The molecule has 1 aromatic carbocycles. The van der Waals surface area contributed by atoms with E-state index in [1.165, 1.54) is 4.90 Å². The zero-order valence-electron chi connectivity index (χ0n) is 14.2. The van der Waals surface area contributed by atoms with E-state index in [1.54, 1.807) is 20.8 Å². The molecule has 1 atom stereocenters. The minimum absolute atomic E-state index is 0.155. The zero-order chi connectivity index (χ0) is 18.8. The summed E-state index contributed by atoms with van der Waals surface area (Å²) in [5.74, 6) is -5.39. The number of nitrogens with one attached hydrogen (secondary N) is 2. The van der Waals surface area contributed by atoms with Gasteiger partial charge in [0.15, 0.2) is 17.5 Å². The van der Waals surface area contributed by atoms with Gasteiger partial charge in [0.25, 0.3) is 0 Å². The van der Waals surface area contributed by atoms with Crippen LogP contribution in [0, 0.1) is 23.4 Å². The molecule has 2 N–H and O–H groups in total. The van der Waals surface area contributed by atoms with Gasteiger partial charge in [0, 0.05) is 13.1 Å². The van der Waals surface area contributed by atoms with Crippen molar-refractivity contribution in [2.75, 3.05) is 18.5 Å². The average molecular weight is 359 g/mol. The van der Waals surface area contributed by atoms with Crippen LogP contribution in [0.3, 0.4) is 0 Å². The number of likely N-dealkylation sites (tertiary alicyclic amines) is 1. The van der Waals surface area contributed by atoms with Crippen molar-refractivity contribution in [2.24, 2.45) is 5.92 Å². The maximum absolute atomic E-state index is 13.5. The Morgan fingerprint density at radius 2 is 1.88 bits per heavy atom. The minimum atomic E-state index is -1.63. The molecule has 1 fully saturated rings. The molecule has 9 heteroatoms. The largest absolute Gasteiger partial charge is 0.444 e. The van der Waals surface area contributed by atoms with Gasteiger partial charge in [-0.15, -0.1) is 0 Å². The number of carbonyl (C=O) groups is 2. The fraction of sp³-hybridized carbons (Fsp3) is 0.500. The van der Waals surface area contributed by atoms with Crippen LogP contribution in [0.25, 0.3) is 0 Å². The summed E-state index contributed by atoms with van der Waals surface area (Å²) < 4.78 is 44.7. The summed E-state index contributed by atoms with van der Waals surface area (Å²) in [6.45, 7) is 5.73. The van der Waals surface area contributed by atoms with Crippen LogP contribution < -0.4 is 10.9 Å². The number of hydrogen-bond acceptors (Lipinski definition) is 4. The Morgan fingerprint density at radius 3 is 2.52 bits per heavy atom. The number of nitrogens with zero attached hydrogens (tertiary/aromatic N) is 1. The molecule has 1 unspecified atom stereocenters. The molecule has 1 aliphatic heterocycles. The topological polar surface area (TPSA) is 70.7 Å². The van der Waals surface area contributed by atoms with Crippen LogP contribution in [-0.4, -0.2) is 35.6 Å². The van der Waals surface area contributed by atoms with Gasteiger partial charge in [-0.05, 0) is 39.3 Å². The number of carbonyl (C=O) groups excluding carboxylic acids is 2. The molecule has 2 amide bonds. The fourth-order valence-electron chi connectivity index (χ4n) is 2.32. The van der Waals surface area contributed by atoms with Crippen molar-refractivity contribution in [3.8, 4) is 0 Å². The van der Waals surface area contributed by atoms with Gasteiger partial charge in [-0.25, -0.2) is 18.0 Å². The van der Waals surface area contributed by atoms with Crippen LogP contribution in [0.5, 0.6) is 0 Å². The molecule has 0 aromatic heterocycles. The molecule has 1 saturated heterocycles. The number of anilines is 1. The van der Waals surface area contributed by atoms with Gasteiger partial charge in [-0.3, -0.25) is 15.6 Å². The molecule has 1 aromatic rings. The van der Waals surface area contributed by atoms with E-state index in [9.17, 15) is 22.8 Å². The maximum Gasteiger partial charge on any atom is 0.410 e. The minimum Gasteiger partial charge on any atom is -0.444 e. The van der Waals surface area contributed by atoms with Gasteiger partial charge >= 0.3 is 6.09 Å². The maximum atomic E-state index is 13.5. The van der Waals surface area contributed by atoms with Crippen LogP contribution in [0.4, 0.5) is 23.7 Å². The summed E-state index contributed by atoms with van der Waals surface area (Å²) in [6.07, 6.45) is -0.102. The first-order chi connectivity index (χ1) is 11.6. The van der Waals surface area contributed by atoms with Crippen molar-refractivity contribution in [2.45, 2.75) is 32.8 Å². The molecular formula is C16H20F3N3O3. The summed E-state index contributed by atoms with van der Waals surface area (Å²) in [5, 5.41) is 0. The van der Waals surface area contributed by atoms with Crippen LogP contribution in [0.1, 0.15) is 27.2 Å². The first-order valence-electron chi connectivity index (χ1n) is 7.76. The number of rotatable bonds is 3. The summed E-state index contributed by atoms with van der Waals surface area (Å²) in [6, 6.07) is 1.71. The van der Waals surface area contributed by atoms with Crippen LogP contribution in [0.2, 0.25) is 0 Å². The van der Waals surface area contributed by atoms with Crippen LogP contribution in [-0.2, 0) is 9.53 Å². The summed E-state index contributed by atoms with van der Waals surface area (Å²) in [5.41, 5.74) is 3.43. The second kappa shape index (κ2) is 7.20. The highest BCUT2D eigenvalue weighted by Crippen LogP contribution is 2.21. The lowest BCUT2D eigenvalue weighted by atomic mass is 10.1. The average Bonchev–Trinajstić information content (AvgIpc) is 3.00. The predicted molar refractivity (Wildman–Crippen MR) is 84.0 cm³/mol. The lowest BCUT2D eigenvalue weighted by Crippen LogP contribution is -2.39. The quantitative estimate of drug-likeness (QED) is 0.643.